The summed E-state index contributed by atoms with van der Waals surface area (Å²) in [6.45, 7) is 0. The lowest BCUT2D eigenvalue weighted by Crippen LogP contribution is -2.45. The van der Waals surface area contributed by atoms with Crippen LogP contribution in [0.3, 0.4) is 0 Å². The van der Waals surface area contributed by atoms with Crippen molar-refractivity contribution in [2.75, 3.05) is 11.5 Å². The van der Waals surface area contributed by atoms with E-state index < -0.39 is 5.60 Å². The van der Waals surface area contributed by atoms with Crippen molar-refractivity contribution in [3.05, 3.63) is 34.1 Å². The predicted molar refractivity (Wildman–Crippen MR) is 60.1 cm³/mol. The zero-order valence-electron chi connectivity index (χ0n) is 7.46. The Kier molecular flexibility index (Phi) is 2.86. The lowest BCUT2D eigenvalue weighted by Gasteiger charge is -2.36. The molecule has 76 valence electrons. The predicted octanol–water partition coefficient (Wildman–Crippen LogP) is 2.61. The van der Waals surface area contributed by atoms with Crippen LogP contribution in [0.4, 0.5) is 4.39 Å². The Morgan fingerprint density at radius 3 is 2.79 bits per heavy atom. The van der Waals surface area contributed by atoms with Crippen molar-refractivity contribution in [1.29, 1.82) is 0 Å². The second-order valence-electron chi connectivity index (χ2n) is 3.61. The van der Waals surface area contributed by atoms with Gasteiger partial charge in [0, 0.05) is 17.9 Å². The van der Waals surface area contributed by atoms with Crippen LogP contribution in [0.5, 0.6) is 0 Å². The second-order valence-corrected chi connectivity index (χ2v) is 5.39. The first-order valence-corrected chi connectivity index (χ1v) is 6.28. The summed E-state index contributed by atoms with van der Waals surface area (Å²) < 4.78 is 13.6. The van der Waals surface area contributed by atoms with Crippen molar-refractivity contribution < 1.29 is 9.50 Å². The van der Waals surface area contributed by atoms with Gasteiger partial charge in [-0.2, -0.15) is 11.8 Å². The fraction of sp³-hybridized carbons (Fsp3) is 0.400. The van der Waals surface area contributed by atoms with Crippen LogP contribution in [0.15, 0.2) is 22.7 Å². The lowest BCUT2D eigenvalue weighted by atomic mass is 9.97. The minimum absolute atomic E-state index is 0.266. The highest BCUT2D eigenvalue weighted by Gasteiger charge is 2.35. The summed E-state index contributed by atoms with van der Waals surface area (Å²) in [6, 6.07) is 4.92. The molecule has 0 saturated carbocycles. The third kappa shape index (κ3) is 1.97. The summed E-state index contributed by atoms with van der Waals surface area (Å²) in [5, 5.41) is 9.91. The molecule has 14 heavy (non-hydrogen) atoms. The maximum absolute atomic E-state index is 13.1. The summed E-state index contributed by atoms with van der Waals surface area (Å²) in [5.74, 6) is 1.23. The average molecular weight is 277 g/mol. The van der Waals surface area contributed by atoms with E-state index in [1.54, 1.807) is 17.8 Å². The van der Waals surface area contributed by atoms with E-state index in [0.29, 0.717) is 10.9 Å². The van der Waals surface area contributed by atoms with Crippen LogP contribution in [-0.2, 0) is 6.42 Å². The Hall–Kier alpha value is -0.0600. The molecule has 1 N–H and O–H groups in total. The summed E-state index contributed by atoms with van der Waals surface area (Å²) in [7, 11) is 0. The van der Waals surface area contributed by atoms with Gasteiger partial charge >= 0.3 is 0 Å². The highest BCUT2D eigenvalue weighted by Crippen LogP contribution is 2.34. The number of aliphatic hydroxyl groups is 1. The molecule has 2 rings (SSSR count). The largest absolute Gasteiger partial charge is 0.388 e. The minimum Gasteiger partial charge on any atom is -0.388 e. The Labute approximate surface area is 94.8 Å². The molecule has 0 aliphatic carbocycles. The number of rotatable bonds is 2. The van der Waals surface area contributed by atoms with Gasteiger partial charge in [-0.3, -0.25) is 0 Å². The smallest absolute Gasteiger partial charge is 0.137 e. The van der Waals surface area contributed by atoms with Gasteiger partial charge in [-0.15, -0.1) is 0 Å². The first-order valence-electron chi connectivity index (χ1n) is 4.34. The summed E-state index contributed by atoms with van der Waals surface area (Å²) >= 11 is 4.91. The van der Waals surface area contributed by atoms with E-state index in [1.807, 2.05) is 6.07 Å². The molecule has 1 aromatic rings. The van der Waals surface area contributed by atoms with Crippen LogP contribution in [0, 0.1) is 5.82 Å². The molecule has 0 spiro atoms. The number of halogens is 2. The minimum atomic E-state index is -0.624. The fourth-order valence-corrected chi connectivity index (χ4v) is 2.76. The standard InChI is InChI=1S/C10H10BrFOS/c11-9-7(2-1-3-8(9)12)4-10(13)5-14-6-10/h1-3,13H,4-6H2. The Balaban J connectivity index is 2.20. The van der Waals surface area contributed by atoms with Crippen LogP contribution in [0.2, 0.25) is 0 Å². The van der Waals surface area contributed by atoms with E-state index in [9.17, 15) is 9.50 Å². The van der Waals surface area contributed by atoms with Crippen LogP contribution in [-0.4, -0.2) is 22.2 Å². The van der Waals surface area contributed by atoms with Gasteiger partial charge < -0.3 is 5.11 Å². The van der Waals surface area contributed by atoms with Gasteiger partial charge in [-0.05, 0) is 27.6 Å². The van der Waals surface area contributed by atoms with Crippen LogP contribution >= 0.6 is 27.7 Å². The Morgan fingerprint density at radius 2 is 2.21 bits per heavy atom. The van der Waals surface area contributed by atoms with Gasteiger partial charge in [-0.1, -0.05) is 12.1 Å². The van der Waals surface area contributed by atoms with Gasteiger partial charge in [0.1, 0.15) is 5.82 Å². The van der Waals surface area contributed by atoms with E-state index >= 15 is 0 Å². The number of hydrogen-bond acceptors (Lipinski definition) is 2. The number of benzene rings is 1. The van der Waals surface area contributed by atoms with E-state index in [1.165, 1.54) is 6.07 Å². The van der Waals surface area contributed by atoms with Gasteiger partial charge in [0.15, 0.2) is 0 Å². The molecular weight excluding hydrogens is 267 g/mol. The molecule has 0 bridgehead atoms. The van der Waals surface area contributed by atoms with Crippen LogP contribution in [0.1, 0.15) is 5.56 Å². The fourth-order valence-electron chi connectivity index (χ4n) is 1.48. The van der Waals surface area contributed by atoms with Gasteiger partial charge in [0.05, 0.1) is 10.1 Å². The van der Waals surface area contributed by atoms with Crippen molar-refractivity contribution in [2.45, 2.75) is 12.0 Å². The molecule has 1 fully saturated rings. The van der Waals surface area contributed by atoms with E-state index in [0.717, 1.165) is 17.1 Å². The molecule has 1 heterocycles. The average Bonchev–Trinajstić information content (AvgIpc) is 2.10. The molecule has 1 aliphatic rings. The zero-order chi connectivity index (χ0) is 10.2. The molecular formula is C10H10BrFOS. The Morgan fingerprint density at radius 1 is 1.50 bits per heavy atom. The third-order valence-electron chi connectivity index (χ3n) is 2.29. The molecule has 0 amide bonds. The van der Waals surface area contributed by atoms with Crippen molar-refractivity contribution in [3.8, 4) is 0 Å². The molecule has 1 saturated heterocycles. The van der Waals surface area contributed by atoms with Gasteiger partial charge in [-0.25, -0.2) is 4.39 Å². The SMILES string of the molecule is OC1(Cc2cccc(F)c2Br)CSC1. The quantitative estimate of drug-likeness (QED) is 0.896. The maximum atomic E-state index is 13.1. The number of hydrogen-bond donors (Lipinski definition) is 1. The van der Waals surface area contributed by atoms with E-state index in [-0.39, 0.29) is 5.82 Å². The molecule has 0 atom stereocenters. The van der Waals surface area contributed by atoms with Crippen LogP contribution in [0.25, 0.3) is 0 Å². The highest BCUT2D eigenvalue weighted by atomic mass is 79.9. The third-order valence-corrected chi connectivity index (χ3v) is 4.66. The molecule has 4 heteroatoms. The summed E-state index contributed by atoms with van der Waals surface area (Å²) in [4.78, 5) is 0. The molecule has 1 nitrogen and oxygen atoms in total. The van der Waals surface area contributed by atoms with Crippen molar-refractivity contribution in [3.63, 3.8) is 0 Å². The molecule has 0 aromatic heterocycles. The maximum Gasteiger partial charge on any atom is 0.137 e. The molecule has 1 aromatic carbocycles. The second kappa shape index (κ2) is 3.83. The Bertz CT molecular complexity index is 352. The van der Waals surface area contributed by atoms with Crippen molar-refractivity contribution in [1.82, 2.24) is 0 Å². The first-order chi connectivity index (χ1) is 6.61. The van der Waals surface area contributed by atoms with Gasteiger partial charge in [0.2, 0.25) is 0 Å². The lowest BCUT2D eigenvalue weighted by molar-refractivity contribution is 0.0791. The van der Waals surface area contributed by atoms with Crippen molar-refractivity contribution >= 4 is 27.7 Å². The van der Waals surface area contributed by atoms with Crippen LogP contribution < -0.4 is 0 Å². The van der Waals surface area contributed by atoms with E-state index in [2.05, 4.69) is 15.9 Å². The summed E-state index contributed by atoms with van der Waals surface area (Å²) in [6.07, 6.45) is 0.526. The van der Waals surface area contributed by atoms with Gasteiger partial charge in [0.25, 0.3) is 0 Å². The van der Waals surface area contributed by atoms with E-state index in [4.69, 9.17) is 0 Å². The molecule has 0 radical (unpaired) electrons. The normalized spacial score (nSPS) is 19.1. The monoisotopic (exact) mass is 276 g/mol. The molecule has 0 unspecified atom stereocenters. The zero-order valence-corrected chi connectivity index (χ0v) is 9.87. The number of thioether (sulfide) groups is 1. The van der Waals surface area contributed by atoms with Crippen molar-refractivity contribution in [2.24, 2.45) is 0 Å². The summed E-state index contributed by atoms with van der Waals surface area (Å²) in [5.41, 5.74) is 0.217. The highest BCUT2D eigenvalue weighted by molar-refractivity contribution is 9.10. The topological polar surface area (TPSA) is 20.2 Å². The first kappa shape index (κ1) is 10.5. The molecule has 1 aliphatic heterocycles.